The van der Waals surface area contributed by atoms with Crippen molar-refractivity contribution in [3.63, 3.8) is 0 Å². The first-order valence-electron chi connectivity index (χ1n) is 12.9. The summed E-state index contributed by atoms with van der Waals surface area (Å²) < 4.78 is 17.3. The standard InChI is InChI=1S/C31H31N3O4/c1-23-13-17-32-26(20-23)21-24-5-7-29(8-6-24)38-31(35)34-18-14-25(15-19-34)22-36-27-9-11-28(12-10-27)37-30-4-2-3-16-33-30/h2-13,16-17,20,25H,14-15,18-19,21-22H2,1H3. The summed E-state index contributed by atoms with van der Waals surface area (Å²) >= 11 is 0. The minimum atomic E-state index is -0.305. The van der Waals surface area contributed by atoms with E-state index in [0.29, 0.717) is 43.0 Å². The van der Waals surface area contributed by atoms with Crippen molar-refractivity contribution >= 4 is 6.09 Å². The van der Waals surface area contributed by atoms with E-state index in [9.17, 15) is 4.79 Å². The van der Waals surface area contributed by atoms with Gasteiger partial charge in [0, 0.05) is 43.7 Å². The Bertz CT molecular complexity index is 1320. The number of rotatable bonds is 8. The van der Waals surface area contributed by atoms with Gasteiger partial charge in [0.05, 0.1) is 6.61 Å². The second-order valence-corrected chi connectivity index (χ2v) is 9.50. The molecule has 0 saturated carbocycles. The lowest BCUT2D eigenvalue weighted by molar-refractivity contribution is 0.117. The van der Waals surface area contributed by atoms with Gasteiger partial charge in [-0.05, 0) is 91.4 Å². The molecule has 0 bridgehead atoms. The Morgan fingerprint density at radius 1 is 0.868 bits per heavy atom. The molecule has 0 spiro atoms. The molecule has 1 amide bonds. The molecule has 0 N–H and O–H groups in total. The number of benzene rings is 2. The number of likely N-dealkylation sites (tertiary alicyclic amines) is 1. The van der Waals surface area contributed by atoms with Crippen LogP contribution in [0.25, 0.3) is 0 Å². The molecule has 0 aliphatic carbocycles. The summed E-state index contributed by atoms with van der Waals surface area (Å²) in [7, 11) is 0. The van der Waals surface area contributed by atoms with Crippen molar-refractivity contribution in [1.82, 2.24) is 14.9 Å². The smallest absolute Gasteiger partial charge is 0.415 e. The number of nitrogens with zero attached hydrogens (tertiary/aromatic N) is 3. The molecule has 3 heterocycles. The predicted octanol–water partition coefficient (Wildman–Crippen LogP) is 6.46. The first-order valence-corrected chi connectivity index (χ1v) is 12.9. The van der Waals surface area contributed by atoms with Gasteiger partial charge in [-0.3, -0.25) is 4.98 Å². The number of hydrogen-bond acceptors (Lipinski definition) is 6. The summed E-state index contributed by atoms with van der Waals surface area (Å²) in [5, 5.41) is 0. The summed E-state index contributed by atoms with van der Waals surface area (Å²) in [6.07, 6.45) is 5.71. The highest BCUT2D eigenvalue weighted by molar-refractivity contribution is 5.70. The van der Waals surface area contributed by atoms with E-state index in [4.69, 9.17) is 14.2 Å². The number of carbonyl (C=O) groups excluding carboxylic acids is 1. The molecular formula is C31H31N3O4. The zero-order chi connectivity index (χ0) is 26.2. The molecule has 2 aromatic heterocycles. The fourth-order valence-corrected chi connectivity index (χ4v) is 4.37. The van der Waals surface area contributed by atoms with Gasteiger partial charge in [0.25, 0.3) is 0 Å². The van der Waals surface area contributed by atoms with Crippen molar-refractivity contribution < 1.29 is 19.0 Å². The molecule has 5 rings (SSSR count). The van der Waals surface area contributed by atoms with Crippen LogP contribution in [-0.2, 0) is 6.42 Å². The second kappa shape index (κ2) is 12.2. The molecule has 0 atom stereocenters. The minimum absolute atomic E-state index is 0.305. The lowest BCUT2D eigenvalue weighted by atomic mass is 9.98. The zero-order valence-electron chi connectivity index (χ0n) is 21.5. The number of ether oxygens (including phenoxy) is 3. The molecule has 4 aromatic rings. The second-order valence-electron chi connectivity index (χ2n) is 9.50. The molecule has 1 aliphatic rings. The number of hydrogen-bond donors (Lipinski definition) is 0. The van der Waals surface area contributed by atoms with Gasteiger partial charge >= 0.3 is 6.09 Å². The number of aryl methyl sites for hydroxylation is 1. The number of aromatic nitrogens is 2. The van der Waals surface area contributed by atoms with Crippen LogP contribution in [0.4, 0.5) is 4.79 Å². The van der Waals surface area contributed by atoms with Crippen LogP contribution in [0.1, 0.15) is 29.7 Å². The van der Waals surface area contributed by atoms with Crippen LogP contribution in [0.2, 0.25) is 0 Å². The van der Waals surface area contributed by atoms with Gasteiger partial charge in [-0.15, -0.1) is 0 Å². The first-order chi connectivity index (χ1) is 18.6. The van der Waals surface area contributed by atoms with E-state index in [2.05, 4.69) is 23.0 Å². The third kappa shape index (κ3) is 7.09. The molecule has 1 saturated heterocycles. The molecule has 194 valence electrons. The molecular weight excluding hydrogens is 478 g/mol. The molecule has 1 aliphatic heterocycles. The SMILES string of the molecule is Cc1ccnc(Cc2ccc(OC(=O)N3CCC(COc4ccc(Oc5ccccn5)cc4)CC3)cc2)c1. The van der Waals surface area contributed by atoms with Crippen LogP contribution >= 0.6 is 0 Å². The van der Waals surface area contributed by atoms with Gasteiger partial charge in [-0.25, -0.2) is 9.78 Å². The monoisotopic (exact) mass is 509 g/mol. The summed E-state index contributed by atoms with van der Waals surface area (Å²) in [5.74, 6) is 3.00. The van der Waals surface area contributed by atoms with E-state index >= 15 is 0 Å². The van der Waals surface area contributed by atoms with Crippen molar-refractivity contribution in [3.8, 4) is 23.1 Å². The normalized spacial score (nSPS) is 13.7. The molecule has 2 aromatic carbocycles. The lowest BCUT2D eigenvalue weighted by Gasteiger charge is -2.31. The van der Waals surface area contributed by atoms with E-state index in [1.54, 1.807) is 11.1 Å². The number of amides is 1. The average Bonchev–Trinajstić information content (AvgIpc) is 2.95. The number of piperidine rings is 1. The van der Waals surface area contributed by atoms with Crippen LogP contribution < -0.4 is 14.2 Å². The summed E-state index contributed by atoms with van der Waals surface area (Å²) in [6.45, 7) is 3.98. The van der Waals surface area contributed by atoms with Gasteiger partial charge in [0.15, 0.2) is 0 Å². The van der Waals surface area contributed by atoms with Crippen LogP contribution in [-0.4, -0.2) is 40.7 Å². The summed E-state index contributed by atoms with van der Waals surface area (Å²) in [5.41, 5.74) is 3.34. The van der Waals surface area contributed by atoms with Crippen molar-refractivity contribution in [2.45, 2.75) is 26.2 Å². The summed E-state index contributed by atoms with van der Waals surface area (Å²) in [4.78, 5) is 23.0. The maximum Gasteiger partial charge on any atom is 0.415 e. The van der Waals surface area contributed by atoms with Crippen LogP contribution in [0.5, 0.6) is 23.1 Å². The summed E-state index contributed by atoms with van der Waals surface area (Å²) in [6, 6.07) is 24.8. The van der Waals surface area contributed by atoms with Gasteiger partial charge in [-0.1, -0.05) is 18.2 Å². The van der Waals surface area contributed by atoms with E-state index in [0.717, 1.165) is 36.3 Å². The Kier molecular flexibility index (Phi) is 8.13. The van der Waals surface area contributed by atoms with Crippen LogP contribution in [0, 0.1) is 12.8 Å². The van der Waals surface area contributed by atoms with E-state index in [1.165, 1.54) is 5.56 Å². The molecule has 1 fully saturated rings. The topological polar surface area (TPSA) is 73.8 Å². The maximum absolute atomic E-state index is 12.7. The Hall–Kier alpha value is -4.39. The van der Waals surface area contributed by atoms with Gasteiger partial charge in [0.1, 0.15) is 17.2 Å². The Balaban J connectivity index is 1.03. The number of carbonyl (C=O) groups is 1. The fourth-order valence-electron chi connectivity index (χ4n) is 4.37. The number of pyridine rings is 2. The first kappa shape index (κ1) is 25.3. The van der Waals surface area contributed by atoms with Crippen molar-refractivity contribution in [3.05, 3.63) is 108 Å². The largest absolute Gasteiger partial charge is 0.493 e. The van der Waals surface area contributed by atoms with E-state index in [1.807, 2.05) is 79.0 Å². The third-order valence-electron chi connectivity index (χ3n) is 6.53. The van der Waals surface area contributed by atoms with Crippen molar-refractivity contribution in [2.75, 3.05) is 19.7 Å². The van der Waals surface area contributed by atoms with Gasteiger partial charge < -0.3 is 19.1 Å². The highest BCUT2D eigenvalue weighted by Gasteiger charge is 2.24. The minimum Gasteiger partial charge on any atom is -0.493 e. The van der Waals surface area contributed by atoms with E-state index < -0.39 is 0 Å². The molecule has 0 radical (unpaired) electrons. The highest BCUT2D eigenvalue weighted by atomic mass is 16.6. The molecule has 7 nitrogen and oxygen atoms in total. The average molecular weight is 510 g/mol. The van der Waals surface area contributed by atoms with Crippen LogP contribution in [0.3, 0.4) is 0 Å². The van der Waals surface area contributed by atoms with Gasteiger partial charge in [-0.2, -0.15) is 0 Å². The Morgan fingerprint density at radius 3 is 2.32 bits per heavy atom. The Labute approximate surface area is 223 Å². The highest BCUT2D eigenvalue weighted by Crippen LogP contribution is 2.25. The van der Waals surface area contributed by atoms with Gasteiger partial charge in [0.2, 0.25) is 5.88 Å². The quantitative estimate of drug-likeness (QED) is 0.271. The maximum atomic E-state index is 12.7. The molecule has 38 heavy (non-hydrogen) atoms. The predicted molar refractivity (Wildman–Crippen MR) is 145 cm³/mol. The van der Waals surface area contributed by atoms with Crippen LogP contribution in [0.15, 0.2) is 91.3 Å². The van der Waals surface area contributed by atoms with E-state index in [-0.39, 0.29) is 6.09 Å². The van der Waals surface area contributed by atoms with Crippen molar-refractivity contribution in [2.24, 2.45) is 5.92 Å². The van der Waals surface area contributed by atoms with Crippen molar-refractivity contribution in [1.29, 1.82) is 0 Å². The molecule has 0 unspecified atom stereocenters. The third-order valence-corrected chi connectivity index (χ3v) is 6.53. The zero-order valence-corrected chi connectivity index (χ0v) is 21.5. The lowest BCUT2D eigenvalue weighted by Crippen LogP contribution is -2.41. The fraction of sp³-hybridized carbons (Fsp3) is 0.258. The Morgan fingerprint density at radius 2 is 1.61 bits per heavy atom. The molecule has 7 heteroatoms.